The van der Waals surface area contributed by atoms with Gasteiger partial charge < -0.3 is 14.6 Å². The molecule has 1 aliphatic rings. The van der Waals surface area contributed by atoms with Crippen molar-refractivity contribution in [3.8, 4) is 0 Å². The van der Waals surface area contributed by atoms with E-state index in [0.29, 0.717) is 6.04 Å². The molecule has 1 aromatic rings. The Morgan fingerprint density at radius 1 is 1.39 bits per heavy atom. The Labute approximate surface area is 110 Å². The van der Waals surface area contributed by atoms with Crippen molar-refractivity contribution in [1.82, 2.24) is 15.2 Å². The van der Waals surface area contributed by atoms with Crippen LogP contribution in [0.2, 0.25) is 0 Å². The highest BCUT2D eigenvalue weighted by molar-refractivity contribution is 4.93. The Bertz CT molecular complexity index is 351. The Morgan fingerprint density at radius 2 is 2.28 bits per heavy atom. The van der Waals surface area contributed by atoms with Gasteiger partial charge in [0.15, 0.2) is 0 Å². The topological polar surface area (TPSA) is 41.3 Å². The SMILES string of the molecule is CCc1cnc(CNC2CCCN(CC)CC2)o1. The van der Waals surface area contributed by atoms with E-state index in [1.165, 1.54) is 38.9 Å². The fraction of sp³-hybridized carbons (Fsp3) is 0.786. The van der Waals surface area contributed by atoms with Gasteiger partial charge >= 0.3 is 0 Å². The third kappa shape index (κ3) is 3.82. The Kier molecular flexibility index (Phi) is 5.20. The minimum Gasteiger partial charge on any atom is -0.444 e. The molecule has 2 heterocycles. The van der Waals surface area contributed by atoms with Crippen LogP contribution in [0.15, 0.2) is 10.6 Å². The largest absolute Gasteiger partial charge is 0.444 e. The molecule has 2 rings (SSSR count). The molecule has 1 fully saturated rings. The van der Waals surface area contributed by atoms with Gasteiger partial charge in [-0.1, -0.05) is 13.8 Å². The van der Waals surface area contributed by atoms with Gasteiger partial charge in [-0.25, -0.2) is 4.98 Å². The number of hydrogen-bond donors (Lipinski definition) is 1. The number of aromatic nitrogens is 1. The summed E-state index contributed by atoms with van der Waals surface area (Å²) < 4.78 is 5.61. The van der Waals surface area contributed by atoms with Crippen molar-refractivity contribution in [2.75, 3.05) is 19.6 Å². The van der Waals surface area contributed by atoms with Crippen LogP contribution in [-0.4, -0.2) is 35.6 Å². The van der Waals surface area contributed by atoms with Crippen molar-refractivity contribution in [1.29, 1.82) is 0 Å². The maximum absolute atomic E-state index is 5.61. The zero-order valence-electron chi connectivity index (χ0n) is 11.6. The molecule has 1 unspecified atom stereocenters. The van der Waals surface area contributed by atoms with Crippen LogP contribution in [-0.2, 0) is 13.0 Å². The predicted molar refractivity (Wildman–Crippen MR) is 72.5 cm³/mol. The summed E-state index contributed by atoms with van der Waals surface area (Å²) in [7, 11) is 0. The molecule has 1 atom stereocenters. The molecule has 0 radical (unpaired) electrons. The number of hydrogen-bond acceptors (Lipinski definition) is 4. The Hall–Kier alpha value is -0.870. The number of oxazole rings is 1. The van der Waals surface area contributed by atoms with E-state index >= 15 is 0 Å². The summed E-state index contributed by atoms with van der Waals surface area (Å²) >= 11 is 0. The second-order valence-corrected chi connectivity index (χ2v) is 5.02. The first kappa shape index (κ1) is 13.6. The standard InChI is InChI=1S/C14H25N3O/c1-3-13-10-16-14(18-13)11-15-12-6-5-8-17(4-2)9-7-12/h10,12,15H,3-9,11H2,1-2H3. The van der Waals surface area contributed by atoms with Crippen molar-refractivity contribution in [3.63, 3.8) is 0 Å². The monoisotopic (exact) mass is 251 g/mol. The van der Waals surface area contributed by atoms with Crippen molar-refractivity contribution in [3.05, 3.63) is 17.8 Å². The van der Waals surface area contributed by atoms with Crippen LogP contribution in [0.1, 0.15) is 44.8 Å². The average Bonchev–Trinajstić information content (AvgIpc) is 2.74. The number of aryl methyl sites for hydroxylation is 1. The van der Waals surface area contributed by atoms with Gasteiger partial charge in [-0.3, -0.25) is 0 Å². The third-order valence-electron chi connectivity index (χ3n) is 3.76. The summed E-state index contributed by atoms with van der Waals surface area (Å²) in [5, 5.41) is 3.58. The molecule has 0 aliphatic carbocycles. The van der Waals surface area contributed by atoms with E-state index in [0.717, 1.165) is 24.6 Å². The molecule has 102 valence electrons. The van der Waals surface area contributed by atoms with Crippen LogP contribution in [0.25, 0.3) is 0 Å². The van der Waals surface area contributed by atoms with Gasteiger partial charge in [-0.05, 0) is 38.9 Å². The average molecular weight is 251 g/mol. The van der Waals surface area contributed by atoms with Crippen LogP contribution in [0.3, 0.4) is 0 Å². The van der Waals surface area contributed by atoms with Crippen molar-refractivity contribution in [2.45, 2.75) is 52.1 Å². The molecule has 0 bridgehead atoms. The fourth-order valence-electron chi connectivity index (χ4n) is 2.50. The predicted octanol–water partition coefficient (Wildman–Crippen LogP) is 2.20. The van der Waals surface area contributed by atoms with Gasteiger partial charge in [0.2, 0.25) is 5.89 Å². The molecule has 1 aromatic heterocycles. The summed E-state index contributed by atoms with van der Waals surface area (Å²) in [6.07, 6.45) is 6.54. The summed E-state index contributed by atoms with van der Waals surface area (Å²) in [5.74, 6) is 1.80. The van der Waals surface area contributed by atoms with Crippen molar-refractivity contribution >= 4 is 0 Å². The van der Waals surface area contributed by atoms with Crippen LogP contribution >= 0.6 is 0 Å². The molecule has 1 aliphatic heterocycles. The lowest BCUT2D eigenvalue weighted by Gasteiger charge is -2.17. The van der Waals surface area contributed by atoms with Gasteiger partial charge in [0.05, 0.1) is 12.7 Å². The van der Waals surface area contributed by atoms with Crippen LogP contribution in [0, 0.1) is 0 Å². The first-order chi connectivity index (χ1) is 8.81. The lowest BCUT2D eigenvalue weighted by Crippen LogP contribution is -2.30. The molecule has 4 heteroatoms. The minimum absolute atomic E-state index is 0.610. The van der Waals surface area contributed by atoms with E-state index in [2.05, 4.69) is 29.0 Å². The van der Waals surface area contributed by atoms with Gasteiger partial charge in [0, 0.05) is 12.5 Å². The lowest BCUT2D eigenvalue weighted by atomic mass is 10.1. The number of nitrogens with zero attached hydrogens (tertiary/aromatic N) is 2. The van der Waals surface area contributed by atoms with Crippen molar-refractivity contribution in [2.24, 2.45) is 0 Å². The summed E-state index contributed by atoms with van der Waals surface area (Å²) in [4.78, 5) is 6.82. The molecule has 0 spiro atoms. The van der Waals surface area contributed by atoms with Crippen LogP contribution in [0.4, 0.5) is 0 Å². The first-order valence-corrected chi connectivity index (χ1v) is 7.21. The summed E-state index contributed by atoms with van der Waals surface area (Å²) in [6.45, 7) is 8.71. The highest BCUT2D eigenvalue weighted by Crippen LogP contribution is 2.12. The Balaban J connectivity index is 1.76. The molecule has 0 saturated carbocycles. The normalized spacial score (nSPS) is 22.0. The zero-order chi connectivity index (χ0) is 12.8. The van der Waals surface area contributed by atoms with Gasteiger partial charge in [-0.2, -0.15) is 0 Å². The van der Waals surface area contributed by atoms with E-state index in [-0.39, 0.29) is 0 Å². The minimum atomic E-state index is 0.610. The van der Waals surface area contributed by atoms with E-state index in [1.54, 1.807) is 0 Å². The number of nitrogens with one attached hydrogen (secondary N) is 1. The molecular formula is C14H25N3O. The maximum atomic E-state index is 5.61. The highest BCUT2D eigenvalue weighted by Gasteiger charge is 2.16. The molecule has 1 N–H and O–H groups in total. The van der Waals surface area contributed by atoms with E-state index in [1.807, 2.05) is 6.20 Å². The summed E-state index contributed by atoms with van der Waals surface area (Å²) in [5.41, 5.74) is 0. The lowest BCUT2D eigenvalue weighted by molar-refractivity contribution is 0.296. The molecule has 4 nitrogen and oxygen atoms in total. The molecule has 0 aromatic carbocycles. The van der Waals surface area contributed by atoms with E-state index < -0.39 is 0 Å². The molecular weight excluding hydrogens is 226 g/mol. The smallest absolute Gasteiger partial charge is 0.208 e. The third-order valence-corrected chi connectivity index (χ3v) is 3.76. The van der Waals surface area contributed by atoms with Gasteiger partial charge in [0.25, 0.3) is 0 Å². The van der Waals surface area contributed by atoms with Crippen LogP contribution < -0.4 is 5.32 Å². The van der Waals surface area contributed by atoms with E-state index in [4.69, 9.17) is 4.42 Å². The van der Waals surface area contributed by atoms with Gasteiger partial charge in [-0.15, -0.1) is 0 Å². The van der Waals surface area contributed by atoms with E-state index in [9.17, 15) is 0 Å². The Morgan fingerprint density at radius 3 is 3.00 bits per heavy atom. The number of rotatable bonds is 5. The van der Waals surface area contributed by atoms with Crippen LogP contribution in [0.5, 0.6) is 0 Å². The maximum Gasteiger partial charge on any atom is 0.208 e. The van der Waals surface area contributed by atoms with Gasteiger partial charge in [0.1, 0.15) is 5.76 Å². The molecule has 18 heavy (non-hydrogen) atoms. The zero-order valence-corrected chi connectivity index (χ0v) is 11.6. The second kappa shape index (κ2) is 6.90. The first-order valence-electron chi connectivity index (χ1n) is 7.21. The number of likely N-dealkylation sites (tertiary alicyclic amines) is 1. The molecule has 0 amide bonds. The highest BCUT2D eigenvalue weighted by atomic mass is 16.4. The quantitative estimate of drug-likeness (QED) is 0.871. The molecule has 1 saturated heterocycles. The van der Waals surface area contributed by atoms with Crippen molar-refractivity contribution < 1.29 is 4.42 Å². The summed E-state index contributed by atoms with van der Waals surface area (Å²) in [6, 6.07) is 0.610. The second-order valence-electron chi connectivity index (χ2n) is 5.02. The fourth-order valence-corrected chi connectivity index (χ4v) is 2.50.